The average molecular weight is 325 g/mol. The van der Waals surface area contributed by atoms with Crippen molar-refractivity contribution in [1.82, 2.24) is 14.9 Å². The van der Waals surface area contributed by atoms with Gasteiger partial charge in [-0.3, -0.25) is 9.59 Å². The summed E-state index contributed by atoms with van der Waals surface area (Å²) in [7, 11) is 0. The quantitative estimate of drug-likeness (QED) is 0.801. The van der Waals surface area contributed by atoms with Crippen molar-refractivity contribution in [2.75, 3.05) is 0 Å². The predicted octanol–water partition coefficient (Wildman–Crippen LogP) is 2.49. The van der Waals surface area contributed by atoms with Crippen molar-refractivity contribution in [3.8, 4) is 0 Å². The topological polar surface area (TPSA) is 64.0 Å². The summed E-state index contributed by atoms with van der Waals surface area (Å²) in [5.74, 6) is -0.885. The van der Waals surface area contributed by atoms with Crippen LogP contribution in [0.2, 0.25) is 0 Å². The van der Waals surface area contributed by atoms with Gasteiger partial charge in [0.25, 0.3) is 11.5 Å². The first kappa shape index (κ1) is 15.9. The van der Waals surface area contributed by atoms with E-state index < -0.39 is 11.5 Å². The maximum atomic E-state index is 12.9. The zero-order valence-corrected chi connectivity index (χ0v) is 13.1. The van der Waals surface area contributed by atoms with Crippen LogP contribution in [0.5, 0.6) is 0 Å². The van der Waals surface area contributed by atoms with Gasteiger partial charge in [-0.25, -0.2) is 9.37 Å². The van der Waals surface area contributed by atoms with Crippen molar-refractivity contribution in [3.63, 3.8) is 0 Å². The van der Waals surface area contributed by atoms with Crippen LogP contribution in [0.25, 0.3) is 11.0 Å². The molecular formula is C18H16FN3O2. The average Bonchev–Trinajstić information content (AvgIpc) is 2.60. The number of aromatic nitrogens is 2. The first-order valence-electron chi connectivity index (χ1n) is 7.62. The molecule has 0 fully saturated rings. The van der Waals surface area contributed by atoms with Gasteiger partial charge in [-0.05, 0) is 36.8 Å². The van der Waals surface area contributed by atoms with Gasteiger partial charge in [0.05, 0.1) is 11.0 Å². The molecule has 0 saturated carbocycles. The number of amides is 1. The summed E-state index contributed by atoms with van der Waals surface area (Å²) in [4.78, 5) is 29.1. The Balaban J connectivity index is 1.90. The zero-order chi connectivity index (χ0) is 17.1. The maximum Gasteiger partial charge on any atom is 0.282 e. The lowest BCUT2D eigenvalue weighted by atomic mass is 10.2. The molecule has 0 aliphatic heterocycles. The molecular weight excluding hydrogens is 309 g/mol. The number of hydrogen-bond acceptors (Lipinski definition) is 3. The smallest absolute Gasteiger partial charge is 0.282 e. The van der Waals surface area contributed by atoms with Crippen molar-refractivity contribution in [3.05, 3.63) is 76.0 Å². The lowest BCUT2D eigenvalue weighted by Crippen LogP contribution is -2.34. The summed E-state index contributed by atoms with van der Waals surface area (Å²) in [5.41, 5.74) is 1.46. The molecule has 122 valence electrons. The molecule has 1 aromatic heterocycles. The van der Waals surface area contributed by atoms with E-state index in [0.29, 0.717) is 17.6 Å². The van der Waals surface area contributed by atoms with Gasteiger partial charge in [0.1, 0.15) is 5.82 Å². The maximum absolute atomic E-state index is 12.9. The van der Waals surface area contributed by atoms with Gasteiger partial charge in [-0.15, -0.1) is 0 Å². The highest BCUT2D eigenvalue weighted by Crippen LogP contribution is 2.10. The number of aryl methyl sites for hydroxylation is 1. The summed E-state index contributed by atoms with van der Waals surface area (Å²) < 4.78 is 14.4. The Labute approximate surface area is 137 Å². The van der Waals surface area contributed by atoms with Crippen LogP contribution in [-0.2, 0) is 13.1 Å². The molecule has 2 aromatic carbocycles. The van der Waals surface area contributed by atoms with Gasteiger partial charge in [0, 0.05) is 13.1 Å². The van der Waals surface area contributed by atoms with Gasteiger partial charge in [-0.2, -0.15) is 0 Å². The fourth-order valence-corrected chi connectivity index (χ4v) is 2.52. The number of fused-ring (bicyclic) bond motifs is 1. The van der Waals surface area contributed by atoms with Crippen LogP contribution < -0.4 is 10.9 Å². The van der Waals surface area contributed by atoms with E-state index in [1.54, 1.807) is 30.3 Å². The number of benzene rings is 2. The molecule has 1 amide bonds. The minimum Gasteiger partial charge on any atom is -0.346 e. The minimum absolute atomic E-state index is 0.141. The number of carbonyl (C=O) groups excluding carboxylic acids is 1. The second-order valence-electron chi connectivity index (χ2n) is 5.31. The Morgan fingerprint density at radius 1 is 1.17 bits per heavy atom. The van der Waals surface area contributed by atoms with Crippen LogP contribution in [0.3, 0.4) is 0 Å². The first-order chi connectivity index (χ1) is 11.6. The summed E-state index contributed by atoms with van der Waals surface area (Å²) in [6.45, 7) is 2.48. The molecule has 6 heteroatoms. The summed E-state index contributed by atoms with van der Waals surface area (Å²) in [6, 6.07) is 13.0. The molecule has 0 unspecified atom stereocenters. The van der Waals surface area contributed by atoms with E-state index in [1.165, 1.54) is 16.7 Å². The van der Waals surface area contributed by atoms with Crippen molar-refractivity contribution in [1.29, 1.82) is 0 Å². The van der Waals surface area contributed by atoms with E-state index in [2.05, 4.69) is 10.3 Å². The summed E-state index contributed by atoms with van der Waals surface area (Å²) >= 11 is 0. The molecule has 24 heavy (non-hydrogen) atoms. The molecule has 0 spiro atoms. The summed E-state index contributed by atoms with van der Waals surface area (Å²) in [5, 5.41) is 2.65. The van der Waals surface area contributed by atoms with Crippen molar-refractivity contribution in [2.24, 2.45) is 0 Å². The lowest BCUT2D eigenvalue weighted by molar-refractivity contribution is 0.0944. The van der Waals surface area contributed by atoms with Crippen molar-refractivity contribution >= 4 is 16.9 Å². The third-order valence-electron chi connectivity index (χ3n) is 3.75. The number of carbonyl (C=O) groups is 1. The minimum atomic E-state index is -0.544. The third kappa shape index (κ3) is 3.03. The highest BCUT2D eigenvalue weighted by atomic mass is 19.1. The second kappa shape index (κ2) is 6.62. The van der Waals surface area contributed by atoms with Crippen LogP contribution in [0, 0.1) is 5.82 Å². The number of hydrogen-bond donors (Lipinski definition) is 1. The number of nitrogens with zero attached hydrogens (tertiary/aromatic N) is 2. The Hall–Kier alpha value is -3.02. The highest BCUT2D eigenvalue weighted by Gasteiger charge is 2.16. The number of nitrogens with one attached hydrogen (secondary N) is 1. The monoisotopic (exact) mass is 325 g/mol. The van der Waals surface area contributed by atoms with E-state index >= 15 is 0 Å². The number of halogens is 1. The second-order valence-corrected chi connectivity index (χ2v) is 5.31. The van der Waals surface area contributed by atoms with E-state index in [-0.39, 0.29) is 18.1 Å². The van der Waals surface area contributed by atoms with Crippen LogP contribution >= 0.6 is 0 Å². The molecule has 0 bridgehead atoms. The molecule has 3 rings (SSSR count). The van der Waals surface area contributed by atoms with Crippen LogP contribution in [0.1, 0.15) is 23.0 Å². The Morgan fingerprint density at radius 2 is 1.88 bits per heavy atom. The van der Waals surface area contributed by atoms with Crippen molar-refractivity contribution < 1.29 is 9.18 Å². The molecule has 5 nitrogen and oxygen atoms in total. The molecule has 0 radical (unpaired) electrons. The standard InChI is InChI=1S/C18H16FN3O2/c1-2-22-15-6-4-3-5-14(15)21-16(18(22)24)17(23)20-11-12-7-9-13(19)10-8-12/h3-10H,2,11H2,1H3,(H,20,23). The predicted molar refractivity (Wildman–Crippen MR) is 89.2 cm³/mol. The molecule has 1 heterocycles. The van der Waals surface area contributed by atoms with E-state index in [4.69, 9.17) is 0 Å². The number of para-hydroxylation sites is 2. The fourth-order valence-electron chi connectivity index (χ4n) is 2.52. The zero-order valence-electron chi connectivity index (χ0n) is 13.1. The van der Waals surface area contributed by atoms with Gasteiger partial charge >= 0.3 is 0 Å². The van der Waals surface area contributed by atoms with Crippen LogP contribution in [-0.4, -0.2) is 15.5 Å². The van der Waals surface area contributed by atoms with E-state index in [0.717, 1.165) is 5.56 Å². The molecule has 0 aliphatic rings. The molecule has 3 aromatic rings. The van der Waals surface area contributed by atoms with Crippen molar-refractivity contribution in [2.45, 2.75) is 20.0 Å². The van der Waals surface area contributed by atoms with Gasteiger partial charge in [0.2, 0.25) is 0 Å². The van der Waals surface area contributed by atoms with Gasteiger partial charge in [0.15, 0.2) is 5.69 Å². The largest absolute Gasteiger partial charge is 0.346 e. The van der Waals surface area contributed by atoms with E-state index in [1.807, 2.05) is 13.0 Å². The molecule has 0 saturated heterocycles. The Morgan fingerprint density at radius 3 is 2.58 bits per heavy atom. The van der Waals surface area contributed by atoms with E-state index in [9.17, 15) is 14.0 Å². The molecule has 1 N–H and O–H groups in total. The van der Waals surface area contributed by atoms with Crippen LogP contribution in [0.15, 0.2) is 53.3 Å². The normalized spacial score (nSPS) is 10.8. The summed E-state index contributed by atoms with van der Waals surface area (Å²) in [6.07, 6.45) is 0. The SMILES string of the molecule is CCn1c(=O)c(C(=O)NCc2ccc(F)cc2)nc2ccccc21. The van der Waals surface area contributed by atoms with Crippen LogP contribution in [0.4, 0.5) is 4.39 Å². The van der Waals surface area contributed by atoms with Gasteiger partial charge in [-0.1, -0.05) is 24.3 Å². The third-order valence-corrected chi connectivity index (χ3v) is 3.75. The fraction of sp³-hybridized carbons (Fsp3) is 0.167. The molecule has 0 aliphatic carbocycles. The Bertz CT molecular complexity index is 949. The molecule has 0 atom stereocenters. The Kier molecular flexibility index (Phi) is 4.37. The first-order valence-corrected chi connectivity index (χ1v) is 7.62. The lowest BCUT2D eigenvalue weighted by Gasteiger charge is -2.10. The highest BCUT2D eigenvalue weighted by molar-refractivity contribution is 5.93. The number of rotatable bonds is 4. The van der Waals surface area contributed by atoms with Gasteiger partial charge < -0.3 is 9.88 Å².